The Bertz CT molecular complexity index is 397. The molecular formula is C24H46O5. The summed E-state index contributed by atoms with van der Waals surface area (Å²) in [5, 5.41) is 19.2. The number of carboxylic acids is 1. The number of hydrogen-bond donors (Lipinski definition) is 2. The van der Waals surface area contributed by atoms with E-state index >= 15 is 0 Å². The van der Waals surface area contributed by atoms with Crippen LogP contribution in [0.5, 0.6) is 0 Å². The van der Waals surface area contributed by atoms with Crippen molar-refractivity contribution in [3.8, 4) is 0 Å². The number of aliphatic hydroxyl groups is 1. The number of aliphatic carboxylic acids is 1. The molecule has 0 rings (SSSR count). The summed E-state index contributed by atoms with van der Waals surface area (Å²) in [4.78, 5) is 22.6. The lowest BCUT2D eigenvalue weighted by molar-refractivity contribution is -0.156. The van der Waals surface area contributed by atoms with E-state index in [2.05, 4.69) is 13.8 Å². The van der Waals surface area contributed by atoms with Crippen LogP contribution in [-0.4, -0.2) is 34.4 Å². The second kappa shape index (κ2) is 20.2. The number of rotatable bonds is 21. The van der Waals surface area contributed by atoms with Crippen LogP contribution in [-0.2, 0) is 14.3 Å². The van der Waals surface area contributed by atoms with Crippen LogP contribution in [0.3, 0.4) is 0 Å². The Balaban J connectivity index is 4.20. The van der Waals surface area contributed by atoms with Crippen LogP contribution in [0.25, 0.3) is 0 Å². The molecule has 0 aromatic carbocycles. The van der Waals surface area contributed by atoms with Crippen molar-refractivity contribution in [1.29, 1.82) is 0 Å². The number of hydrogen-bond acceptors (Lipinski definition) is 4. The minimum Gasteiger partial charge on any atom is -0.481 e. The summed E-state index contributed by atoms with van der Waals surface area (Å²) in [5.74, 6) is -0.916. The van der Waals surface area contributed by atoms with Gasteiger partial charge in [0.2, 0.25) is 0 Å². The molecule has 0 radical (unpaired) electrons. The van der Waals surface area contributed by atoms with Gasteiger partial charge in [-0.25, -0.2) is 0 Å². The molecule has 2 atom stereocenters. The average Bonchev–Trinajstić information content (AvgIpc) is 2.68. The first-order valence-corrected chi connectivity index (χ1v) is 12.1. The zero-order valence-corrected chi connectivity index (χ0v) is 19.0. The molecule has 0 spiro atoms. The Kier molecular flexibility index (Phi) is 19.4. The fraction of sp³-hybridized carbons (Fsp3) is 0.917. The predicted octanol–water partition coefficient (Wildman–Crippen LogP) is 6.41. The van der Waals surface area contributed by atoms with Crippen molar-refractivity contribution in [3.05, 3.63) is 0 Å². The summed E-state index contributed by atoms with van der Waals surface area (Å²) in [5.41, 5.74) is 0. The Morgan fingerprint density at radius 1 is 0.690 bits per heavy atom. The van der Waals surface area contributed by atoms with E-state index in [0.29, 0.717) is 19.3 Å². The van der Waals surface area contributed by atoms with E-state index < -0.39 is 12.1 Å². The van der Waals surface area contributed by atoms with E-state index in [4.69, 9.17) is 9.84 Å². The summed E-state index contributed by atoms with van der Waals surface area (Å²) >= 11 is 0. The maximum atomic E-state index is 12.1. The lowest BCUT2D eigenvalue weighted by Crippen LogP contribution is -2.31. The van der Waals surface area contributed by atoms with Crippen molar-refractivity contribution in [1.82, 2.24) is 0 Å². The molecule has 0 fully saturated rings. The predicted molar refractivity (Wildman–Crippen MR) is 118 cm³/mol. The smallest absolute Gasteiger partial charge is 0.306 e. The molecule has 0 aromatic heterocycles. The summed E-state index contributed by atoms with van der Waals surface area (Å²) in [6.45, 7) is 4.31. The van der Waals surface area contributed by atoms with E-state index in [1.807, 2.05) is 0 Å². The molecule has 5 heteroatoms. The van der Waals surface area contributed by atoms with Gasteiger partial charge < -0.3 is 14.9 Å². The van der Waals surface area contributed by atoms with Crippen LogP contribution in [0.15, 0.2) is 0 Å². The van der Waals surface area contributed by atoms with Crippen LogP contribution in [0, 0.1) is 0 Å². The van der Waals surface area contributed by atoms with E-state index in [9.17, 15) is 14.7 Å². The van der Waals surface area contributed by atoms with Gasteiger partial charge >= 0.3 is 11.9 Å². The largest absolute Gasteiger partial charge is 0.481 e. The molecule has 5 nitrogen and oxygen atoms in total. The zero-order chi connectivity index (χ0) is 21.7. The molecule has 172 valence electrons. The normalized spacial score (nSPS) is 13.2. The van der Waals surface area contributed by atoms with Gasteiger partial charge in [0, 0.05) is 12.8 Å². The maximum Gasteiger partial charge on any atom is 0.306 e. The molecule has 0 aliphatic rings. The second-order valence-electron chi connectivity index (χ2n) is 8.31. The summed E-state index contributed by atoms with van der Waals surface area (Å²) in [6, 6.07) is 0. The van der Waals surface area contributed by atoms with E-state index in [-0.39, 0.29) is 18.5 Å². The minimum absolute atomic E-state index is 0.179. The first kappa shape index (κ1) is 27.9. The molecular weight excluding hydrogens is 368 g/mol. The highest BCUT2D eigenvalue weighted by atomic mass is 16.6. The number of carbonyl (C=O) groups excluding carboxylic acids is 1. The fourth-order valence-electron chi connectivity index (χ4n) is 3.55. The topological polar surface area (TPSA) is 83.8 Å². The second-order valence-corrected chi connectivity index (χ2v) is 8.31. The SMILES string of the molecule is CCCCCCCCC(OC(=O)CCCCC)C(O)CCCCCCCC(=O)O. The molecule has 0 aliphatic heterocycles. The Morgan fingerprint density at radius 3 is 1.79 bits per heavy atom. The molecule has 0 amide bonds. The molecule has 0 heterocycles. The highest BCUT2D eigenvalue weighted by Gasteiger charge is 2.22. The third kappa shape index (κ3) is 18.7. The quantitative estimate of drug-likeness (QED) is 0.168. The van der Waals surface area contributed by atoms with Crippen molar-refractivity contribution in [2.45, 2.75) is 142 Å². The minimum atomic E-state index is -0.737. The number of esters is 1. The molecule has 0 aliphatic carbocycles. The van der Waals surface area contributed by atoms with Crippen LogP contribution < -0.4 is 0 Å². The van der Waals surface area contributed by atoms with Crippen molar-refractivity contribution < 1.29 is 24.5 Å². The van der Waals surface area contributed by atoms with Gasteiger partial charge in [-0.05, 0) is 32.1 Å². The summed E-state index contributed by atoms with van der Waals surface area (Å²) < 4.78 is 5.65. The van der Waals surface area contributed by atoms with Gasteiger partial charge in [0.15, 0.2) is 0 Å². The Morgan fingerprint density at radius 2 is 1.17 bits per heavy atom. The van der Waals surface area contributed by atoms with Gasteiger partial charge in [-0.1, -0.05) is 84.5 Å². The molecule has 0 bridgehead atoms. The van der Waals surface area contributed by atoms with Gasteiger partial charge in [-0.2, -0.15) is 0 Å². The zero-order valence-electron chi connectivity index (χ0n) is 19.0. The molecule has 0 saturated carbocycles. The third-order valence-corrected chi connectivity index (χ3v) is 5.43. The van der Waals surface area contributed by atoms with Crippen molar-refractivity contribution in [2.24, 2.45) is 0 Å². The van der Waals surface area contributed by atoms with Crippen LogP contribution in [0.2, 0.25) is 0 Å². The monoisotopic (exact) mass is 414 g/mol. The highest BCUT2D eigenvalue weighted by molar-refractivity contribution is 5.69. The van der Waals surface area contributed by atoms with E-state index in [0.717, 1.165) is 64.2 Å². The van der Waals surface area contributed by atoms with Gasteiger partial charge in [0.05, 0.1) is 6.10 Å². The fourth-order valence-corrected chi connectivity index (χ4v) is 3.55. The average molecular weight is 415 g/mol. The number of ether oxygens (including phenoxy) is 1. The molecule has 2 unspecified atom stereocenters. The van der Waals surface area contributed by atoms with Crippen molar-refractivity contribution in [3.63, 3.8) is 0 Å². The Hall–Kier alpha value is -1.10. The van der Waals surface area contributed by atoms with E-state index in [1.54, 1.807) is 0 Å². The lowest BCUT2D eigenvalue weighted by Gasteiger charge is -2.23. The molecule has 0 aromatic rings. The number of unbranched alkanes of at least 4 members (excludes halogenated alkanes) is 11. The molecule has 29 heavy (non-hydrogen) atoms. The number of aliphatic hydroxyl groups excluding tert-OH is 1. The van der Waals surface area contributed by atoms with Gasteiger partial charge in [-0.3, -0.25) is 9.59 Å². The van der Waals surface area contributed by atoms with Gasteiger partial charge in [0.1, 0.15) is 6.10 Å². The van der Waals surface area contributed by atoms with Crippen LogP contribution in [0.1, 0.15) is 129 Å². The third-order valence-electron chi connectivity index (χ3n) is 5.43. The number of carbonyl (C=O) groups is 2. The highest BCUT2D eigenvalue weighted by Crippen LogP contribution is 2.18. The summed E-state index contributed by atoms with van der Waals surface area (Å²) in [7, 11) is 0. The van der Waals surface area contributed by atoms with Crippen LogP contribution >= 0.6 is 0 Å². The lowest BCUT2D eigenvalue weighted by atomic mass is 9.99. The Labute approximate surface area is 178 Å². The standard InChI is InChI=1S/C24H46O5/c1-3-5-7-8-11-15-18-22(29-24(28)20-13-6-4-2)21(25)17-14-10-9-12-16-19-23(26)27/h21-22,25H,3-20H2,1-2H3,(H,26,27). The van der Waals surface area contributed by atoms with Gasteiger partial charge in [0.25, 0.3) is 0 Å². The summed E-state index contributed by atoms with van der Waals surface area (Å²) in [6.07, 6.45) is 15.6. The van der Waals surface area contributed by atoms with Crippen molar-refractivity contribution >= 4 is 11.9 Å². The first-order valence-electron chi connectivity index (χ1n) is 12.1. The maximum absolute atomic E-state index is 12.1. The first-order chi connectivity index (χ1) is 14.0. The number of carboxylic acid groups (broad SMARTS) is 1. The van der Waals surface area contributed by atoms with Crippen molar-refractivity contribution in [2.75, 3.05) is 0 Å². The van der Waals surface area contributed by atoms with E-state index in [1.165, 1.54) is 25.7 Å². The molecule has 0 saturated heterocycles. The van der Waals surface area contributed by atoms with Crippen LogP contribution in [0.4, 0.5) is 0 Å². The molecule has 2 N–H and O–H groups in total. The van der Waals surface area contributed by atoms with Gasteiger partial charge in [-0.15, -0.1) is 0 Å².